The molecule has 1 saturated carbocycles. The number of nitrogens with zero attached hydrogens (tertiary/aromatic N) is 2. The summed E-state index contributed by atoms with van der Waals surface area (Å²) in [5.41, 5.74) is 0. The molecule has 0 spiro atoms. The molecule has 0 radical (unpaired) electrons. The Morgan fingerprint density at radius 1 is 1.32 bits per heavy atom. The van der Waals surface area contributed by atoms with Gasteiger partial charge in [0.1, 0.15) is 6.04 Å². The number of hydrogen-bond donors (Lipinski definition) is 1. The molecular formula is C14H24N2O3. The van der Waals surface area contributed by atoms with Crippen LogP contribution in [0.25, 0.3) is 0 Å². The predicted molar refractivity (Wildman–Crippen MR) is 71.9 cm³/mol. The summed E-state index contributed by atoms with van der Waals surface area (Å²) in [6.45, 7) is 5.30. The quantitative estimate of drug-likeness (QED) is 0.850. The maximum atomic E-state index is 12.6. The Labute approximate surface area is 114 Å². The number of likely N-dealkylation sites (tertiary alicyclic amines) is 1. The summed E-state index contributed by atoms with van der Waals surface area (Å²) in [5, 5.41) is 9.38. The zero-order chi connectivity index (χ0) is 14.0. The number of urea groups is 1. The minimum atomic E-state index is -0.868. The molecule has 2 unspecified atom stereocenters. The normalized spacial score (nSPS) is 27.2. The molecule has 1 aliphatic heterocycles. The highest BCUT2D eigenvalue weighted by Crippen LogP contribution is 2.31. The van der Waals surface area contributed by atoms with Gasteiger partial charge in [0.15, 0.2) is 0 Å². The minimum absolute atomic E-state index is 0.0397. The maximum absolute atomic E-state index is 12.6. The Kier molecular flexibility index (Phi) is 4.32. The second kappa shape index (κ2) is 5.80. The highest BCUT2D eigenvalue weighted by Gasteiger charge is 2.41. The lowest BCUT2D eigenvalue weighted by Crippen LogP contribution is -2.56. The molecule has 2 aliphatic rings. The van der Waals surface area contributed by atoms with Crippen molar-refractivity contribution in [3.8, 4) is 0 Å². The smallest absolute Gasteiger partial charge is 0.326 e. The van der Waals surface area contributed by atoms with Gasteiger partial charge in [-0.1, -0.05) is 13.8 Å². The van der Waals surface area contributed by atoms with Gasteiger partial charge in [-0.3, -0.25) is 0 Å². The van der Waals surface area contributed by atoms with E-state index < -0.39 is 12.0 Å². The van der Waals surface area contributed by atoms with Crippen molar-refractivity contribution in [2.75, 3.05) is 13.1 Å². The fourth-order valence-electron chi connectivity index (χ4n) is 3.01. The molecule has 2 amide bonds. The second-order valence-corrected chi connectivity index (χ2v) is 5.80. The van der Waals surface area contributed by atoms with Gasteiger partial charge in [-0.2, -0.15) is 0 Å². The molecule has 1 saturated heterocycles. The van der Waals surface area contributed by atoms with E-state index in [0.717, 1.165) is 38.6 Å². The molecule has 108 valence electrons. The molecule has 5 heteroatoms. The largest absolute Gasteiger partial charge is 0.480 e. The first-order valence-electron chi connectivity index (χ1n) is 7.36. The molecule has 0 aromatic heterocycles. The molecule has 0 bridgehead atoms. The van der Waals surface area contributed by atoms with Gasteiger partial charge in [0.2, 0.25) is 0 Å². The first-order valence-corrected chi connectivity index (χ1v) is 7.36. The van der Waals surface area contributed by atoms with Crippen LogP contribution in [0.2, 0.25) is 0 Å². The van der Waals surface area contributed by atoms with Crippen molar-refractivity contribution in [2.24, 2.45) is 5.92 Å². The number of hydrogen-bond acceptors (Lipinski definition) is 2. The van der Waals surface area contributed by atoms with Gasteiger partial charge >= 0.3 is 12.0 Å². The van der Waals surface area contributed by atoms with Crippen LogP contribution in [0.5, 0.6) is 0 Å². The van der Waals surface area contributed by atoms with E-state index in [0.29, 0.717) is 12.6 Å². The molecule has 2 atom stereocenters. The number of amides is 2. The van der Waals surface area contributed by atoms with E-state index in [-0.39, 0.29) is 11.9 Å². The van der Waals surface area contributed by atoms with E-state index in [1.54, 1.807) is 4.90 Å². The molecular weight excluding hydrogens is 244 g/mol. The average molecular weight is 268 g/mol. The molecule has 0 aromatic carbocycles. The van der Waals surface area contributed by atoms with Crippen molar-refractivity contribution in [3.63, 3.8) is 0 Å². The predicted octanol–water partition coefficient (Wildman–Crippen LogP) is 2.17. The Morgan fingerprint density at radius 3 is 2.53 bits per heavy atom. The fourth-order valence-corrected chi connectivity index (χ4v) is 3.01. The third kappa shape index (κ3) is 3.01. The van der Waals surface area contributed by atoms with Crippen LogP contribution in [0.15, 0.2) is 0 Å². The average Bonchev–Trinajstić information content (AvgIpc) is 3.18. The Hall–Kier alpha value is -1.26. The first-order chi connectivity index (χ1) is 9.06. The maximum Gasteiger partial charge on any atom is 0.326 e. The number of carboxylic acids is 1. The molecule has 19 heavy (non-hydrogen) atoms. The van der Waals surface area contributed by atoms with Gasteiger partial charge in [-0.15, -0.1) is 0 Å². The summed E-state index contributed by atoms with van der Waals surface area (Å²) in [4.78, 5) is 27.5. The van der Waals surface area contributed by atoms with Crippen molar-refractivity contribution < 1.29 is 14.7 Å². The third-order valence-corrected chi connectivity index (χ3v) is 4.13. The van der Waals surface area contributed by atoms with Gasteiger partial charge in [0.05, 0.1) is 0 Å². The van der Waals surface area contributed by atoms with Crippen molar-refractivity contribution in [2.45, 2.75) is 58.0 Å². The summed E-state index contributed by atoms with van der Waals surface area (Å²) in [6.07, 6.45) is 4.84. The lowest BCUT2D eigenvalue weighted by Gasteiger charge is -2.40. The van der Waals surface area contributed by atoms with Crippen LogP contribution in [-0.4, -0.2) is 52.1 Å². The van der Waals surface area contributed by atoms with E-state index >= 15 is 0 Å². The van der Waals surface area contributed by atoms with Gasteiger partial charge in [-0.25, -0.2) is 9.59 Å². The van der Waals surface area contributed by atoms with Crippen LogP contribution in [0.3, 0.4) is 0 Å². The molecule has 5 nitrogen and oxygen atoms in total. The number of rotatable bonds is 4. The summed E-state index contributed by atoms with van der Waals surface area (Å²) < 4.78 is 0. The number of piperidine rings is 1. The summed E-state index contributed by atoms with van der Waals surface area (Å²) in [7, 11) is 0. The first kappa shape index (κ1) is 14.2. The lowest BCUT2D eigenvalue weighted by atomic mass is 9.91. The zero-order valence-corrected chi connectivity index (χ0v) is 11.8. The van der Waals surface area contributed by atoms with Gasteiger partial charge in [0.25, 0.3) is 0 Å². The van der Waals surface area contributed by atoms with Crippen molar-refractivity contribution >= 4 is 12.0 Å². The van der Waals surface area contributed by atoms with Crippen LogP contribution in [0.4, 0.5) is 4.79 Å². The topological polar surface area (TPSA) is 60.9 Å². The van der Waals surface area contributed by atoms with Gasteiger partial charge in [0, 0.05) is 19.1 Å². The van der Waals surface area contributed by atoms with Crippen LogP contribution in [0.1, 0.15) is 46.0 Å². The van der Waals surface area contributed by atoms with Crippen LogP contribution >= 0.6 is 0 Å². The Morgan fingerprint density at radius 2 is 2.00 bits per heavy atom. The minimum Gasteiger partial charge on any atom is -0.480 e. The number of carbonyl (C=O) groups excluding carboxylic acids is 1. The fraction of sp³-hybridized carbons (Fsp3) is 0.857. The standard InChI is InChI=1S/C14H24N2O3/c1-3-8-15(11-6-7-11)14(19)16-9-4-5-10(2)12(16)13(17)18/h10-12H,3-9H2,1-2H3,(H,17,18). The molecule has 2 rings (SSSR count). The Bertz CT molecular complexity index is 355. The van der Waals surface area contributed by atoms with Crippen molar-refractivity contribution in [3.05, 3.63) is 0 Å². The lowest BCUT2D eigenvalue weighted by molar-refractivity contribution is -0.145. The number of carbonyl (C=O) groups is 2. The van der Waals surface area contributed by atoms with Crippen LogP contribution in [0, 0.1) is 5.92 Å². The number of carboxylic acid groups (broad SMARTS) is 1. The highest BCUT2D eigenvalue weighted by atomic mass is 16.4. The Balaban J connectivity index is 2.12. The molecule has 0 aromatic rings. The van der Waals surface area contributed by atoms with E-state index in [1.165, 1.54) is 0 Å². The van der Waals surface area contributed by atoms with Crippen LogP contribution in [-0.2, 0) is 4.79 Å². The molecule has 2 fully saturated rings. The molecule has 1 heterocycles. The number of aliphatic carboxylic acids is 1. The van der Waals surface area contributed by atoms with E-state index in [4.69, 9.17) is 0 Å². The molecule has 1 aliphatic carbocycles. The van der Waals surface area contributed by atoms with E-state index in [2.05, 4.69) is 6.92 Å². The third-order valence-electron chi connectivity index (χ3n) is 4.13. The van der Waals surface area contributed by atoms with Gasteiger partial charge < -0.3 is 14.9 Å². The van der Waals surface area contributed by atoms with E-state index in [1.807, 2.05) is 11.8 Å². The highest BCUT2D eigenvalue weighted by molar-refractivity contribution is 5.83. The summed E-state index contributed by atoms with van der Waals surface area (Å²) >= 11 is 0. The monoisotopic (exact) mass is 268 g/mol. The SMILES string of the molecule is CCCN(C(=O)N1CCCC(C)C1C(=O)O)C1CC1. The van der Waals surface area contributed by atoms with Crippen LogP contribution < -0.4 is 0 Å². The summed E-state index contributed by atoms with van der Waals surface area (Å²) in [5.74, 6) is -0.828. The van der Waals surface area contributed by atoms with E-state index in [9.17, 15) is 14.7 Å². The zero-order valence-electron chi connectivity index (χ0n) is 11.8. The summed E-state index contributed by atoms with van der Waals surface area (Å²) in [6, 6.07) is -0.373. The van der Waals surface area contributed by atoms with Crippen molar-refractivity contribution in [1.29, 1.82) is 0 Å². The van der Waals surface area contributed by atoms with Crippen molar-refractivity contribution in [1.82, 2.24) is 9.80 Å². The second-order valence-electron chi connectivity index (χ2n) is 5.80. The molecule has 1 N–H and O–H groups in total. The van der Waals surface area contributed by atoms with Gasteiger partial charge in [-0.05, 0) is 38.0 Å².